The summed E-state index contributed by atoms with van der Waals surface area (Å²) in [6.45, 7) is 0. The quantitative estimate of drug-likeness (QED) is 0.551. The van der Waals surface area contributed by atoms with Crippen molar-refractivity contribution in [1.29, 1.82) is 0 Å². The second kappa shape index (κ2) is 8.43. The van der Waals surface area contributed by atoms with Gasteiger partial charge in [-0.15, -0.1) is 0 Å². The zero-order valence-electron chi connectivity index (χ0n) is 9.64. The summed E-state index contributed by atoms with van der Waals surface area (Å²) in [5.74, 6) is 0. The first-order valence-electron chi connectivity index (χ1n) is 5.96. The second-order valence-electron chi connectivity index (χ2n) is 4.08. The molecule has 0 spiro atoms. The highest BCUT2D eigenvalue weighted by atomic mass is 31.1. The van der Waals surface area contributed by atoms with Crippen LogP contribution in [0.25, 0.3) is 0 Å². The third-order valence-electron chi connectivity index (χ3n) is 2.66. The summed E-state index contributed by atoms with van der Waals surface area (Å²) < 4.78 is 10.4. The highest BCUT2D eigenvalue weighted by Gasteiger charge is 2.07. The lowest BCUT2D eigenvalue weighted by Crippen LogP contribution is -1.86. The smallest absolute Gasteiger partial charge is 0.161 e. The number of rotatable bonds is 8. The average Bonchev–Trinajstić information content (AvgIpc) is 2.29. The van der Waals surface area contributed by atoms with Gasteiger partial charge in [-0.2, -0.15) is 4.89 Å². The van der Waals surface area contributed by atoms with E-state index in [0.29, 0.717) is 6.16 Å². The fraction of sp³-hybridized carbons (Fsp3) is 0.538. The maximum atomic E-state index is 10.4. The van der Waals surface area contributed by atoms with E-state index in [9.17, 15) is 4.57 Å². The van der Waals surface area contributed by atoms with Crippen molar-refractivity contribution in [1.82, 2.24) is 0 Å². The highest BCUT2D eigenvalue weighted by Crippen LogP contribution is 2.16. The van der Waals surface area contributed by atoms with Crippen LogP contribution in [0.4, 0.5) is 0 Å². The Hall–Kier alpha value is -0.720. The Balaban J connectivity index is 1.94. The fourth-order valence-corrected chi connectivity index (χ4v) is 2.25. The van der Waals surface area contributed by atoms with E-state index in [-0.39, 0.29) is 0 Å². The number of unbranched alkanes of at least 4 members (excludes halogenated alkanes) is 4. The summed E-state index contributed by atoms with van der Waals surface area (Å²) in [6, 6.07) is 10.5. The van der Waals surface area contributed by atoms with Crippen LogP contribution in [0.5, 0.6) is 0 Å². The lowest BCUT2D eigenvalue weighted by atomic mass is 10.1. The van der Waals surface area contributed by atoms with Gasteiger partial charge in [0.15, 0.2) is 6.16 Å². The van der Waals surface area contributed by atoms with Crippen LogP contribution in [0.2, 0.25) is 0 Å². The van der Waals surface area contributed by atoms with Crippen molar-refractivity contribution in [3.63, 3.8) is 0 Å². The molecule has 0 amide bonds. The van der Waals surface area contributed by atoms with E-state index in [2.05, 4.69) is 24.3 Å². The highest BCUT2D eigenvalue weighted by molar-refractivity contribution is 7.37. The maximum absolute atomic E-state index is 10.4. The molecule has 0 heterocycles. The topological polar surface area (TPSA) is 37.3 Å². The normalized spacial score (nSPS) is 11.4. The molecular formula is C13H20O2P+. The number of hydrogen-bond donors (Lipinski definition) is 1. The van der Waals surface area contributed by atoms with Gasteiger partial charge in [-0.3, -0.25) is 0 Å². The van der Waals surface area contributed by atoms with Gasteiger partial charge in [0.25, 0.3) is 0 Å². The van der Waals surface area contributed by atoms with E-state index < -0.39 is 8.03 Å². The lowest BCUT2D eigenvalue weighted by Gasteiger charge is -2.00. The average molecular weight is 239 g/mol. The Morgan fingerprint density at radius 2 is 1.56 bits per heavy atom. The van der Waals surface area contributed by atoms with E-state index in [0.717, 1.165) is 19.3 Å². The Morgan fingerprint density at radius 1 is 0.938 bits per heavy atom. The predicted octanol–water partition coefficient (Wildman–Crippen LogP) is 3.91. The van der Waals surface area contributed by atoms with Crippen molar-refractivity contribution in [3.05, 3.63) is 35.9 Å². The summed E-state index contributed by atoms with van der Waals surface area (Å²) in [7, 11) is -1.91. The molecule has 1 aromatic carbocycles. The van der Waals surface area contributed by atoms with Crippen molar-refractivity contribution >= 4 is 8.03 Å². The molecule has 1 unspecified atom stereocenters. The Morgan fingerprint density at radius 3 is 2.25 bits per heavy atom. The molecule has 1 aromatic rings. The molecule has 0 fully saturated rings. The fourth-order valence-electron chi connectivity index (χ4n) is 1.75. The van der Waals surface area contributed by atoms with Gasteiger partial charge >= 0.3 is 8.03 Å². The van der Waals surface area contributed by atoms with Gasteiger partial charge in [-0.1, -0.05) is 43.2 Å². The van der Waals surface area contributed by atoms with Crippen LogP contribution >= 0.6 is 8.03 Å². The van der Waals surface area contributed by atoms with Gasteiger partial charge in [-0.25, -0.2) is 0 Å². The first kappa shape index (κ1) is 13.3. The Labute approximate surface area is 98.6 Å². The lowest BCUT2D eigenvalue weighted by molar-refractivity contribution is 0.499. The molecule has 0 aliphatic heterocycles. The van der Waals surface area contributed by atoms with Crippen LogP contribution in [0, 0.1) is 0 Å². The summed E-state index contributed by atoms with van der Waals surface area (Å²) >= 11 is 0. The van der Waals surface area contributed by atoms with Gasteiger partial charge in [0.1, 0.15) is 0 Å². The van der Waals surface area contributed by atoms with Gasteiger partial charge in [-0.05, 0) is 35.8 Å². The molecule has 0 aliphatic rings. The van der Waals surface area contributed by atoms with E-state index in [1.54, 1.807) is 0 Å². The zero-order chi connectivity index (χ0) is 11.6. The van der Waals surface area contributed by atoms with Gasteiger partial charge in [0, 0.05) is 0 Å². The van der Waals surface area contributed by atoms with Crippen molar-refractivity contribution in [2.24, 2.45) is 0 Å². The molecule has 16 heavy (non-hydrogen) atoms. The van der Waals surface area contributed by atoms with Crippen molar-refractivity contribution in [2.45, 2.75) is 38.5 Å². The van der Waals surface area contributed by atoms with Crippen molar-refractivity contribution < 1.29 is 9.46 Å². The number of hydrogen-bond acceptors (Lipinski definition) is 1. The van der Waals surface area contributed by atoms with E-state index in [1.807, 2.05) is 6.07 Å². The SMILES string of the molecule is O=[P+](O)CCCCCCCc1ccccc1. The monoisotopic (exact) mass is 239 g/mol. The Kier molecular flexibility index (Phi) is 7.03. The van der Waals surface area contributed by atoms with Crippen LogP contribution in [0.15, 0.2) is 30.3 Å². The van der Waals surface area contributed by atoms with Gasteiger partial charge < -0.3 is 0 Å². The van der Waals surface area contributed by atoms with Crippen LogP contribution < -0.4 is 0 Å². The third-order valence-corrected chi connectivity index (χ3v) is 3.36. The summed E-state index contributed by atoms with van der Waals surface area (Å²) in [6.07, 6.45) is 7.19. The van der Waals surface area contributed by atoms with Gasteiger partial charge in [0.2, 0.25) is 0 Å². The zero-order valence-corrected chi connectivity index (χ0v) is 10.5. The predicted molar refractivity (Wildman–Crippen MR) is 67.9 cm³/mol. The molecule has 0 bridgehead atoms. The van der Waals surface area contributed by atoms with Crippen molar-refractivity contribution in [2.75, 3.05) is 6.16 Å². The van der Waals surface area contributed by atoms with E-state index in [4.69, 9.17) is 4.89 Å². The summed E-state index contributed by atoms with van der Waals surface area (Å²) in [5, 5.41) is 0. The molecule has 88 valence electrons. The Bertz CT molecular complexity index is 298. The maximum Gasteiger partial charge on any atom is 0.505 e. The van der Waals surface area contributed by atoms with Crippen molar-refractivity contribution in [3.8, 4) is 0 Å². The van der Waals surface area contributed by atoms with Gasteiger partial charge in [0.05, 0.1) is 0 Å². The molecule has 3 heteroatoms. The molecule has 1 atom stereocenters. The number of benzene rings is 1. The molecule has 1 rings (SSSR count). The standard InChI is InChI=1S/C13H19O2P/c14-16(15)12-8-3-1-2-5-9-13-10-6-4-7-11-13/h4,6-7,10-11H,1-3,5,8-9,12H2/p+1. The van der Waals surface area contributed by atoms with E-state index in [1.165, 1.54) is 24.8 Å². The third kappa shape index (κ3) is 6.71. The van der Waals surface area contributed by atoms with Crippen LogP contribution in [0.1, 0.15) is 37.7 Å². The molecule has 1 N–H and O–H groups in total. The molecule has 0 aliphatic carbocycles. The molecule has 0 radical (unpaired) electrons. The molecule has 0 saturated heterocycles. The van der Waals surface area contributed by atoms with Crippen LogP contribution in [-0.4, -0.2) is 11.1 Å². The summed E-state index contributed by atoms with van der Waals surface area (Å²) in [4.78, 5) is 8.61. The minimum atomic E-state index is -1.91. The second-order valence-corrected chi connectivity index (χ2v) is 5.23. The van der Waals surface area contributed by atoms with E-state index >= 15 is 0 Å². The first-order valence-corrected chi connectivity index (χ1v) is 7.36. The molecule has 0 aromatic heterocycles. The minimum Gasteiger partial charge on any atom is -0.161 e. The largest absolute Gasteiger partial charge is 0.505 e. The molecule has 2 nitrogen and oxygen atoms in total. The minimum absolute atomic E-state index is 0.466. The van der Waals surface area contributed by atoms with Crippen LogP contribution in [0.3, 0.4) is 0 Å². The molecular weight excluding hydrogens is 219 g/mol. The summed E-state index contributed by atoms with van der Waals surface area (Å²) in [5.41, 5.74) is 1.40. The number of aryl methyl sites for hydroxylation is 1. The first-order chi connectivity index (χ1) is 7.79. The van der Waals surface area contributed by atoms with Crippen LogP contribution in [-0.2, 0) is 11.0 Å². The molecule has 0 saturated carbocycles.